The molecular formula is C15H17F4NO2. The fourth-order valence-electron chi connectivity index (χ4n) is 2.58. The van der Waals surface area contributed by atoms with Crippen LogP contribution in [0.4, 0.5) is 17.6 Å². The van der Waals surface area contributed by atoms with Crippen LogP contribution in [0, 0.1) is 5.82 Å². The normalized spacial score (nSPS) is 23.0. The number of hydrogen-bond acceptors (Lipinski definition) is 2. The Hall–Kier alpha value is -1.63. The van der Waals surface area contributed by atoms with E-state index in [-0.39, 0.29) is 6.54 Å². The van der Waals surface area contributed by atoms with E-state index in [0.717, 1.165) is 4.90 Å². The molecule has 1 aliphatic heterocycles. The first-order valence-corrected chi connectivity index (χ1v) is 6.82. The van der Waals surface area contributed by atoms with Crippen molar-refractivity contribution in [2.75, 3.05) is 13.1 Å². The van der Waals surface area contributed by atoms with Gasteiger partial charge in [-0.3, -0.25) is 4.79 Å². The van der Waals surface area contributed by atoms with E-state index in [4.69, 9.17) is 0 Å². The predicted molar refractivity (Wildman–Crippen MR) is 71.6 cm³/mol. The van der Waals surface area contributed by atoms with Gasteiger partial charge in [-0.1, -0.05) is 12.1 Å². The first-order valence-electron chi connectivity index (χ1n) is 6.82. The lowest BCUT2D eigenvalue weighted by molar-refractivity contribution is -0.253. The van der Waals surface area contributed by atoms with Gasteiger partial charge < -0.3 is 10.0 Å². The van der Waals surface area contributed by atoms with Gasteiger partial charge in [0.1, 0.15) is 5.82 Å². The van der Waals surface area contributed by atoms with Crippen molar-refractivity contribution in [2.45, 2.75) is 37.5 Å². The molecule has 122 valence electrons. The van der Waals surface area contributed by atoms with Gasteiger partial charge in [-0.25, -0.2) is 4.39 Å². The van der Waals surface area contributed by atoms with E-state index >= 15 is 0 Å². The van der Waals surface area contributed by atoms with Crippen molar-refractivity contribution >= 4 is 5.91 Å². The molecule has 1 amide bonds. The van der Waals surface area contributed by atoms with Crippen LogP contribution in [-0.2, 0) is 10.2 Å². The third kappa shape index (κ3) is 2.82. The van der Waals surface area contributed by atoms with Gasteiger partial charge in [0.05, 0.1) is 12.0 Å². The second-order valence-electron chi connectivity index (χ2n) is 6.14. The Bertz CT molecular complexity index is 568. The third-order valence-corrected chi connectivity index (χ3v) is 4.16. The number of alkyl halides is 3. The minimum atomic E-state index is -4.78. The molecule has 1 aromatic carbocycles. The van der Waals surface area contributed by atoms with E-state index in [1.807, 2.05) is 0 Å². The highest BCUT2D eigenvalue weighted by molar-refractivity contribution is 5.87. The number of carbonyl (C=O) groups is 1. The molecule has 0 aromatic heterocycles. The quantitative estimate of drug-likeness (QED) is 0.851. The summed E-state index contributed by atoms with van der Waals surface area (Å²) in [7, 11) is 0. The van der Waals surface area contributed by atoms with Crippen LogP contribution < -0.4 is 0 Å². The van der Waals surface area contributed by atoms with Gasteiger partial charge in [-0.2, -0.15) is 13.2 Å². The highest BCUT2D eigenvalue weighted by Gasteiger charge is 2.58. The summed E-state index contributed by atoms with van der Waals surface area (Å²) in [5.41, 5.74) is -3.46. The molecule has 1 unspecified atom stereocenters. The summed E-state index contributed by atoms with van der Waals surface area (Å²) >= 11 is 0. The van der Waals surface area contributed by atoms with Crippen molar-refractivity contribution in [3.63, 3.8) is 0 Å². The second kappa shape index (κ2) is 5.22. The van der Waals surface area contributed by atoms with Gasteiger partial charge in [0, 0.05) is 13.0 Å². The van der Waals surface area contributed by atoms with Crippen LogP contribution in [0.15, 0.2) is 24.3 Å². The molecule has 1 aliphatic rings. The van der Waals surface area contributed by atoms with Crippen molar-refractivity contribution in [1.29, 1.82) is 0 Å². The van der Waals surface area contributed by atoms with Crippen molar-refractivity contribution in [3.8, 4) is 0 Å². The molecule has 1 fully saturated rings. The fraction of sp³-hybridized carbons (Fsp3) is 0.533. The number of amides is 1. The van der Waals surface area contributed by atoms with E-state index in [1.54, 1.807) is 13.8 Å². The molecule has 0 spiro atoms. The number of benzene rings is 1. The number of halogens is 4. The summed E-state index contributed by atoms with van der Waals surface area (Å²) in [6, 6.07) is 5.25. The monoisotopic (exact) mass is 319 g/mol. The number of hydrogen-bond donors (Lipinski definition) is 1. The lowest BCUT2D eigenvalue weighted by atomic mass is 9.83. The van der Waals surface area contributed by atoms with Gasteiger partial charge >= 0.3 is 6.18 Å². The zero-order chi connectivity index (χ0) is 16.8. The Morgan fingerprint density at radius 3 is 2.23 bits per heavy atom. The number of likely N-dealkylation sites (tertiary alicyclic amines) is 1. The largest absolute Gasteiger partial charge is 0.419 e. The lowest BCUT2D eigenvalue weighted by Crippen LogP contribution is -2.50. The van der Waals surface area contributed by atoms with Crippen LogP contribution in [0.25, 0.3) is 0 Å². The zero-order valence-electron chi connectivity index (χ0n) is 12.2. The average Bonchev–Trinajstić information content (AvgIpc) is 2.82. The minimum Gasteiger partial charge on any atom is -0.379 e. The molecule has 1 atom stereocenters. The summed E-state index contributed by atoms with van der Waals surface area (Å²) in [6.07, 6.45) is -5.32. The van der Waals surface area contributed by atoms with E-state index < -0.39 is 41.9 Å². The van der Waals surface area contributed by atoms with E-state index in [0.29, 0.717) is 5.56 Å². The van der Waals surface area contributed by atoms with Gasteiger partial charge in [-0.15, -0.1) is 0 Å². The molecule has 0 aliphatic carbocycles. The van der Waals surface area contributed by atoms with Crippen LogP contribution >= 0.6 is 0 Å². The third-order valence-electron chi connectivity index (χ3n) is 4.16. The van der Waals surface area contributed by atoms with Crippen LogP contribution in [0.2, 0.25) is 0 Å². The number of β-amino-alcohol motifs (C(OH)–C–C–N with tert-alkyl or cyclic N) is 1. The molecule has 1 N–H and O–H groups in total. The fourth-order valence-corrected chi connectivity index (χ4v) is 2.58. The summed E-state index contributed by atoms with van der Waals surface area (Å²) in [6.45, 7) is 2.18. The highest BCUT2D eigenvalue weighted by atomic mass is 19.4. The van der Waals surface area contributed by atoms with E-state index in [1.165, 1.54) is 24.3 Å². The van der Waals surface area contributed by atoms with Crippen molar-refractivity contribution in [1.82, 2.24) is 4.90 Å². The molecular weight excluding hydrogens is 302 g/mol. The maximum atomic E-state index is 13.0. The molecule has 0 saturated carbocycles. The standard InChI is InChI=1S/C15H17F4NO2/c1-13(2,10-3-5-11(16)6-4-10)12(21)20-8-7-14(22,9-20)15(17,18)19/h3-6,22H,7-9H2,1-2H3. The molecule has 0 bridgehead atoms. The Kier molecular flexibility index (Phi) is 3.97. The maximum Gasteiger partial charge on any atom is 0.419 e. The van der Waals surface area contributed by atoms with Gasteiger partial charge in [0.2, 0.25) is 5.91 Å². The minimum absolute atomic E-state index is 0.167. The summed E-state index contributed by atoms with van der Waals surface area (Å²) < 4.78 is 51.4. The lowest BCUT2D eigenvalue weighted by Gasteiger charge is -2.31. The van der Waals surface area contributed by atoms with Crippen LogP contribution in [0.3, 0.4) is 0 Å². The van der Waals surface area contributed by atoms with Gasteiger partial charge in [-0.05, 0) is 31.5 Å². The Morgan fingerprint density at radius 1 is 1.23 bits per heavy atom. The second-order valence-corrected chi connectivity index (χ2v) is 6.14. The molecule has 22 heavy (non-hydrogen) atoms. The molecule has 1 aromatic rings. The summed E-state index contributed by atoms with van der Waals surface area (Å²) in [5.74, 6) is -0.987. The number of carbonyl (C=O) groups excluding carboxylic acids is 1. The predicted octanol–water partition coefficient (Wildman–Crippen LogP) is 2.63. The van der Waals surface area contributed by atoms with Crippen molar-refractivity contribution in [3.05, 3.63) is 35.6 Å². The van der Waals surface area contributed by atoms with Crippen molar-refractivity contribution in [2.24, 2.45) is 0 Å². The Labute approximate surface area is 125 Å². The van der Waals surface area contributed by atoms with Crippen molar-refractivity contribution < 1.29 is 27.5 Å². The molecule has 0 radical (unpaired) electrons. The Morgan fingerprint density at radius 2 is 1.77 bits per heavy atom. The first-order chi connectivity index (χ1) is 9.97. The van der Waals surface area contributed by atoms with E-state index in [9.17, 15) is 27.5 Å². The molecule has 3 nitrogen and oxygen atoms in total. The number of aliphatic hydroxyl groups is 1. The number of nitrogens with zero attached hydrogens (tertiary/aromatic N) is 1. The van der Waals surface area contributed by atoms with Gasteiger partial charge in [0.15, 0.2) is 5.60 Å². The first kappa shape index (κ1) is 16.7. The van der Waals surface area contributed by atoms with Crippen LogP contribution in [0.1, 0.15) is 25.8 Å². The Balaban J connectivity index is 2.20. The highest BCUT2D eigenvalue weighted by Crippen LogP contribution is 2.39. The average molecular weight is 319 g/mol. The summed E-state index contributed by atoms with van der Waals surface area (Å²) in [5, 5.41) is 9.65. The topological polar surface area (TPSA) is 40.5 Å². The molecule has 1 heterocycles. The van der Waals surface area contributed by atoms with Crippen LogP contribution in [0.5, 0.6) is 0 Å². The number of rotatable bonds is 2. The molecule has 2 rings (SSSR count). The van der Waals surface area contributed by atoms with E-state index in [2.05, 4.69) is 0 Å². The van der Waals surface area contributed by atoms with Gasteiger partial charge in [0.25, 0.3) is 0 Å². The molecule has 1 saturated heterocycles. The summed E-state index contributed by atoms with van der Waals surface area (Å²) in [4.78, 5) is 13.5. The maximum absolute atomic E-state index is 13.0. The smallest absolute Gasteiger partial charge is 0.379 e. The van der Waals surface area contributed by atoms with Crippen LogP contribution in [-0.4, -0.2) is 40.8 Å². The zero-order valence-corrected chi connectivity index (χ0v) is 12.2. The molecule has 7 heteroatoms. The SMILES string of the molecule is CC(C)(C(=O)N1CCC(O)(C(F)(F)F)C1)c1ccc(F)cc1.